The summed E-state index contributed by atoms with van der Waals surface area (Å²) < 4.78 is 22.4. The minimum Gasteiger partial charge on any atom is -0.494 e. The van der Waals surface area contributed by atoms with Crippen LogP contribution in [0.5, 0.6) is 23.0 Å². The van der Waals surface area contributed by atoms with Gasteiger partial charge in [0.25, 0.3) is 0 Å². The molecule has 1 unspecified atom stereocenters. The molecule has 6 nitrogen and oxygen atoms in total. The molecule has 1 atom stereocenters. The van der Waals surface area contributed by atoms with E-state index in [1.54, 1.807) is 21.3 Å². The zero-order valence-electron chi connectivity index (χ0n) is 17.9. The SMILES string of the molecule is CCOc1ccc(C(c2cc(OC)c(OC)c(OC)c2)N2CCCNCC2)cc1. The summed E-state index contributed by atoms with van der Waals surface area (Å²) in [4.78, 5) is 2.51. The second-order valence-electron chi connectivity index (χ2n) is 7.00. The standard InChI is InChI=1S/C23H32N2O4/c1-5-29-19-9-7-17(8-10-19)22(25-13-6-11-24-12-14-25)18-15-20(26-2)23(28-4)21(16-18)27-3/h7-10,15-16,22,24H,5-6,11-14H2,1-4H3. The molecule has 0 amide bonds. The zero-order valence-corrected chi connectivity index (χ0v) is 17.9. The van der Waals surface area contributed by atoms with Crippen LogP contribution in [0, 0.1) is 0 Å². The Kier molecular flexibility index (Phi) is 7.61. The number of methoxy groups -OCH3 is 3. The number of hydrogen-bond acceptors (Lipinski definition) is 6. The summed E-state index contributed by atoms with van der Waals surface area (Å²) in [6, 6.07) is 12.6. The van der Waals surface area contributed by atoms with E-state index in [9.17, 15) is 0 Å². The number of rotatable bonds is 8. The molecule has 1 saturated heterocycles. The van der Waals surface area contributed by atoms with E-state index in [4.69, 9.17) is 18.9 Å². The first-order valence-electron chi connectivity index (χ1n) is 10.2. The highest BCUT2D eigenvalue weighted by molar-refractivity contribution is 5.55. The van der Waals surface area contributed by atoms with Crippen molar-refractivity contribution in [3.8, 4) is 23.0 Å². The van der Waals surface area contributed by atoms with Crippen molar-refractivity contribution in [2.24, 2.45) is 0 Å². The van der Waals surface area contributed by atoms with Crippen molar-refractivity contribution >= 4 is 0 Å². The van der Waals surface area contributed by atoms with Crippen LogP contribution in [0.4, 0.5) is 0 Å². The molecular weight excluding hydrogens is 368 g/mol. The summed E-state index contributed by atoms with van der Waals surface area (Å²) >= 11 is 0. The summed E-state index contributed by atoms with van der Waals surface area (Å²) in [5, 5.41) is 3.49. The summed E-state index contributed by atoms with van der Waals surface area (Å²) in [6.45, 7) is 6.65. The van der Waals surface area contributed by atoms with Crippen molar-refractivity contribution < 1.29 is 18.9 Å². The number of benzene rings is 2. The lowest BCUT2D eigenvalue weighted by Crippen LogP contribution is -2.33. The van der Waals surface area contributed by atoms with Crippen LogP contribution in [0.3, 0.4) is 0 Å². The molecule has 6 heteroatoms. The van der Waals surface area contributed by atoms with E-state index in [0.29, 0.717) is 23.9 Å². The molecule has 0 aromatic heterocycles. The lowest BCUT2D eigenvalue weighted by molar-refractivity contribution is 0.239. The summed E-state index contributed by atoms with van der Waals surface area (Å²) in [5.41, 5.74) is 2.33. The van der Waals surface area contributed by atoms with E-state index in [0.717, 1.165) is 43.9 Å². The van der Waals surface area contributed by atoms with Crippen molar-refractivity contribution in [2.45, 2.75) is 19.4 Å². The molecule has 0 spiro atoms. The smallest absolute Gasteiger partial charge is 0.203 e. The highest BCUT2D eigenvalue weighted by atomic mass is 16.5. The van der Waals surface area contributed by atoms with E-state index in [1.807, 2.05) is 19.1 Å². The van der Waals surface area contributed by atoms with Gasteiger partial charge >= 0.3 is 0 Å². The molecule has 0 aliphatic carbocycles. The Morgan fingerprint density at radius 2 is 1.59 bits per heavy atom. The van der Waals surface area contributed by atoms with Gasteiger partial charge in [0, 0.05) is 19.6 Å². The van der Waals surface area contributed by atoms with Gasteiger partial charge in [0.2, 0.25) is 5.75 Å². The molecule has 2 aromatic rings. The number of hydrogen-bond donors (Lipinski definition) is 1. The topological polar surface area (TPSA) is 52.2 Å². The zero-order chi connectivity index (χ0) is 20.6. The third kappa shape index (κ3) is 4.95. The average molecular weight is 401 g/mol. The summed E-state index contributed by atoms with van der Waals surface area (Å²) in [5.74, 6) is 2.84. The fraction of sp³-hybridized carbons (Fsp3) is 0.478. The minimum atomic E-state index is 0.0827. The molecule has 1 N–H and O–H groups in total. The number of nitrogens with one attached hydrogen (secondary N) is 1. The van der Waals surface area contributed by atoms with Crippen molar-refractivity contribution in [2.75, 3.05) is 54.1 Å². The third-order valence-electron chi connectivity index (χ3n) is 5.25. The lowest BCUT2D eigenvalue weighted by Gasteiger charge is -2.32. The molecule has 0 bridgehead atoms. The van der Waals surface area contributed by atoms with Gasteiger partial charge in [-0.05, 0) is 55.3 Å². The second-order valence-corrected chi connectivity index (χ2v) is 7.00. The maximum Gasteiger partial charge on any atom is 0.203 e. The van der Waals surface area contributed by atoms with Crippen molar-refractivity contribution in [1.82, 2.24) is 10.2 Å². The molecule has 29 heavy (non-hydrogen) atoms. The molecular formula is C23H32N2O4. The Labute approximate surface area is 173 Å². The van der Waals surface area contributed by atoms with E-state index in [-0.39, 0.29) is 6.04 Å². The molecule has 0 radical (unpaired) electrons. The van der Waals surface area contributed by atoms with Gasteiger partial charge in [0.15, 0.2) is 11.5 Å². The first-order chi connectivity index (χ1) is 14.2. The van der Waals surface area contributed by atoms with E-state index in [2.05, 4.69) is 34.5 Å². The second kappa shape index (κ2) is 10.4. The van der Waals surface area contributed by atoms with Crippen molar-refractivity contribution in [1.29, 1.82) is 0 Å². The molecule has 1 heterocycles. The van der Waals surface area contributed by atoms with Gasteiger partial charge in [-0.25, -0.2) is 0 Å². The molecule has 0 saturated carbocycles. The largest absolute Gasteiger partial charge is 0.494 e. The van der Waals surface area contributed by atoms with Crippen LogP contribution in [-0.4, -0.2) is 59.0 Å². The molecule has 158 valence electrons. The van der Waals surface area contributed by atoms with Crippen molar-refractivity contribution in [3.63, 3.8) is 0 Å². The van der Waals surface area contributed by atoms with Crippen LogP contribution in [0.15, 0.2) is 36.4 Å². The van der Waals surface area contributed by atoms with E-state index < -0.39 is 0 Å². The molecule has 1 aliphatic heterocycles. The fourth-order valence-corrected chi connectivity index (χ4v) is 3.91. The fourth-order valence-electron chi connectivity index (χ4n) is 3.91. The highest BCUT2D eigenvalue weighted by Gasteiger charge is 2.26. The Balaban J connectivity index is 2.07. The van der Waals surface area contributed by atoms with E-state index in [1.165, 1.54) is 5.56 Å². The maximum absolute atomic E-state index is 5.63. The van der Waals surface area contributed by atoms with Crippen LogP contribution in [0.2, 0.25) is 0 Å². The van der Waals surface area contributed by atoms with Crippen LogP contribution < -0.4 is 24.3 Å². The van der Waals surface area contributed by atoms with E-state index >= 15 is 0 Å². The highest BCUT2D eigenvalue weighted by Crippen LogP contribution is 2.42. The normalized spacial score (nSPS) is 16.0. The van der Waals surface area contributed by atoms with Crippen LogP contribution in [0.25, 0.3) is 0 Å². The Bertz CT molecular complexity index is 746. The lowest BCUT2D eigenvalue weighted by atomic mass is 9.95. The Hall–Kier alpha value is -2.44. The molecule has 1 fully saturated rings. The van der Waals surface area contributed by atoms with Crippen LogP contribution >= 0.6 is 0 Å². The first kappa shape index (κ1) is 21.3. The van der Waals surface area contributed by atoms with Crippen molar-refractivity contribution in [3.05, 3.63) is 47.5 Å². The number of ether oxygens (including phenoxy) is 4. The summed E-state index contributed by atoms with van der Waals surface area (Å²) in [6.07, 6.45) is 1.11. The maximum atomic E-state index is 5.63. The van der Waals surface area contributed by atoms with Crippen LogP contribution in [-0.2, 0) is 0 Å². The Morgan fingerprint density at radius 3 is 2.17 bits per heavy atom. The van der Waals surface area contributed by atoms with Gasteiger partial charge in [-0.15, -0.1) is 0 Å². The quantitative estimate of drug-likeness (QED) is 0.732. The monoisotopic (exact) mass is 400 g/mol. The van der Waals surface area contributed by atoms with Gasteiger partial charge < -0.3 is 24.3 Å². The van der Waals surface area contributed by atoms with Gasteiger partial charge in [-0.3, -0.25) is 4.90 Å². The predicted octanol–water partition coefficient (Wildman–Crippen LogP) is 3.50. The van der Waals surface area contributed by atoms with Gasteiger partial charge in [-0.1, -0.05) is 12.1 Å². The number of nitrogens with zero attached hydrogens (tertiary/aromatic N) is 1. The van der Waals surface area contributed by atoms with Gasteiger partial charge in [-0.2, -0.15) is 0 Å². The molecule has 1 aliphatic rings. The Morgan fingerprint density at radius 1 is 0.897 bits per heavy atom. The third-order valence-corrected chi connectivity index (χ3v) is 5.25. The first-order valence-corrected chi connectivity index (χ1v) is 10.2. The average Bonchev–Trinajstić information content (AvgIpc) is 3.04. The predicted molar refractivity (Wildman–Crippen MR) is 115 cm³/mol. The van der Waals surface area contributed by atoms with Gasteiger partial charge in [0.1, 0.15) is 5.75 Å². The molecule has 3 rings (SSSR count). The minimum absolute atomic E-state index is 0.0827. The van der Waals surface area contributed by atoms with Gasteiger partial charge in [0.05, 0.1) is 34.0 Å². The summed E-state index contributed by atoms with van der Waals surface area (Å²) in [7, 11) is 4.94. The van der Waals surface area contributed by atoms with Crippen LogP contribution in [0.1, 0.15) is 30.5 Å². The molecule has 2 aromatic carbocycles.